The van der Waals surface area contributed by atoms with Crippen molar-refractivity contribution >= 4 is 38.2 Å². The molecule has 1 aromatic heterocycles. The monoisotopic (exact) mass is 397 g/mol. The molecule has 0 fully saturated rings. The van der Waals surface area contributed by atoms with Gasteiger partial charge in [0, 0.05) is 18.0 Å². The summed E-state index contributed by atoms with van der Waals surface area (Å²) in [7, 11) is -2.10. The van der Waals surface area contributed by atoms with Gasteiger partial charge < -0.3 is 0 Å². The molecule has 0 saturated carbocycles. The van der Waals surface area contributed by atoms with Crippen LogP contribution in [0.1, 0.15) is 0 Å². The Labute approximate surface area is 162 Å². The van der Waals surface area contributed by atoms with E-state index >= 15 is 0 Å². The van der Waals surface area contributed by atoms with Crippen molar-refractivity contribution in [1.29, 1.82) is 0 Å². The summed E-state index contributed by atoms with van der Waals surface area (Å²) in [6.07, 6.45) is 0. The summed E-state index contributed by atoms with van der Waals surface area (Å²) in [5, 5.41) is 8.82. The highest BCUT2D eigenvalue weighted by Gasteiger charge is 2.22. The van der Waals surface area contributed by atoms with Crippen molar-refractivity contribution < 1.29 is 8.42 Å². The van der Waals surface area contributed by atoms with Crippen LogP contribution in [0.4, 0.5) is 5.69 Å². The van der Waals surface area contributed by atoms with E-state index in [-0.39, 0.29) is 4.90 Å². The normalized spacial score (nSPS) is 11.6. The van der Waals surface area contributed by atoms with Crippen LogP contribution in [0.3, 0.4) is 0 Å². The van der Waals surface area contributed by atoms with Crippen LogP contribution in [0, 0.1) is 0 Å². The predicted molar refractivity (Wildman–Crippen MR) is 109 cm³/mol. The number of anilines is 1. The Balaban J connectivity index is 1.76. The van der Waals surface area contributed by atoms with Crippen LogP contribution in [-0.4, -0.2) is 25.7 Å². The Morgan fingerprint density at radius 3 is 2.41 bits per heavy atom. The van der Waals surface area contributed by atoms with E-state index in [9.17, 15) is 8.42 Å². The summed E-state index contributed by atoms with van der Waals surface area (Å²) in [6.45, 7) is 0. The number of nitrogens with zero attached hydrogens (tertiary/aromatic N) is 2. The molecule has 0 bridgehead atoms. The highest BCUT2D eigenvalue weighted by molar-refractivity contribution is 7.92. The lowest BCUT2D eigenvalue weighted by Crippen LogP contribution is -2.26. The van der Waals surface area contributed by atoms with E-state index in [1.165, 1.54) is 11.4 Å². The average molecular weight is 398 g/mol. The van der Waals surface area contributed by atoms with E-state index in [1.807, 2.05) is 30.3 Å². The number of H-pyrrole nitrogens is 1. The van der Waals surface area contributed by atoms with Crippen molar-refractivity contribution in [2.24, 2.45) is 0 Å². The fourth-order valence-electron chi connectivity index (χ4n) is 2.95. The Bertz CT molecular complexity index is 1220. The molecule has 1 N–H and O–H groups in total. The maximum absolute atomic E-state index is 12.8. The smallest absolute Gasteiger partial charge is 0.264 e. The Morgan fingerprint density at radius 2 is 1.67 bits per heavy atom. The summed E-state index contributed by atoms with van der Waals surface area (Å²) in [5.41, 5.74) is 2.83. The molecule has 5 nitrogen and oxygen atoms in total. The Hall–Kier alpha value is -2.83. The van der Waals surface area contributed by atoms with Crippen molar-refractivity contribution in [3.05, 3.63) is 77.8 Å². The van der Waals surface area contributed by atoms with Gasteiger partial charge >= 0.3 is 0 Å². The van der Waals surface area contributed by atoms with Gasteiger partial charge in [-0.1, -0.05) is 48.0 Å². The number of sulfonamides is 1. The first-order valence-electron chi connectivity index (χ1n) is 8.25. The van der Waals surface area contributed by atoms with Gasteiger partial charge in [-0.2, -0.15) is 5.10 Å². The summed E-state index contributed by atoms with van der Waals surface area (Å²) in [6, 6.07) is 21.2. The summed E-state index contributed by atoms with van der Waals surface area (Å²) >= 11 is 6.28. The van der Waals surface area contributed by atoms with Crippen LogP contribution in [0.25, 0.3) is 22.2 Å². The molecule has 27 heavy (non-hydrogen) atoms. The first kappa shape index (κ1) is 17.6. The number of aromatic amines is 1. The molecule has 7 heteroatoms. The topological polar surface area (TPSA) is 66.1 Å². The minimum Gasteiger partial charge on any atom is -0.277 e. The van der Waals surface area contributed by atoms with E-state index in [2.05, 4.69) is 10.2 Å². The maximum Gasteiger partial charge on any atom is 0.264 e. The average Bonchev–Trinajstić information content (AvgIpc) is 3.11. The van der Waals surface area contributed by atoms with E-state index in [0.717, 1.165) is 22.2 Å². The molecule has 4 aromatic rings. The van der Waals surface area contributed by atoms with Crippen LogP contribution in [0.5, 0.6) is 0 Å². The fraction of sp³-hybridized carbons (Fsp3) is 0.0500. The zero-order valence-corrected chi connectivity index (χ0v) is 16.0. The molecule has 136 valence electrons. The molecule has 0 radical (unpaired) electrons. The van der Waals surface area contributed by atoms with Gasteiger partial charge in [0.2, 0.25) is 0 Å². The lowest BCUT2D eigenvalue weighted by molar-refractivity contribution is 0.594. The minimum atomic E-state index is -3.63. The molecule has 3 aromatic carbocycles. The Morgan fingerprint density at radius 1 is 0.963 bits per heavy atom. The maximum atomic E-state index is 12.8. The molecule has 0 amide bonds. The third kappa shape index (κ3) is 3.07. The summed E-state index contributed by atoms with van der Waals surface area (Å²) < 4.78 is 26.9. The second-order valence-corrected chi connectivity index (χ2v) is 8.44. The van der Waals surface area contributed by atoms with Gasteiger partial charge in [0.25, 0.3) is 10.0 Å². The van der Waals surface area contributed by atoms with Crippen molar-refractivity contribution in [2.75, 3.05) is 11.4 Å². The standard InChI is InChI=1S/C20H16ClN3O2S/c1-24(27(25,26)15-7-3-2-4-8-15)14-11-12-17-19(13-14)22-23-20(17)16-9-5-6-10-18(16)21/h2-13H,1H3,(H,22,23). The van der Waals surface area contributed by atoms with Crippen LogP contribution >= 0.6 is 11.6 Å². The molecule has 0 aliphatic rings. The van der Waals surface area contributed by atoms with E-state index in [0.29, 0.717) is 10.7 Å². The van der Waals surface area contributed by atoms with Gasteiger partial charge in [0.05, 0.1) is 21.1 Å². The van der Waals surface area contributed by atoms with E-state index in [1.54, 1.807) is 42.5 Å². The second-order valence-electron chi connectivity index (χ2n) is 6.07. The summed E-state index contributed by atoms with van der Waals surface area (Å²) in [5.74, 6) is 0. The van der Waals surface area contributed by atoms with Crippen LogP contribution < -0.4 is 4.31 Å². The number of hydrogen-bond acceptors (Lipinski definition) is 3. The number of nitrogens with one attached hydrogen (secondary N) is 1. The van der Waals surface area contributed by atoms with E-state index < -0.39 is 10.0 Å². The Kier molecular flexibility index (Phi) is 4.37. The van der Waals surface area contributed by atoms with Crippen molar-refractivity contribution in [1.82, 2.24) is 10.2 Å². The van der Waals surface area contributed by atoms with Crippen molar-refractivity contribution in [3.63, 3.8) is 0 Å². The zero-order chi connectivity index (χ0) is 19.0. The number of halogens is 1. The second kappa shape index (κ2) is 6.72. The fourth-order valence-corrected chi connectivity index (χ4v) is 4.39. The van der Waals surface area contributed by atoms with Crippen LogP contribution in [0.2, 0.25) is 5.02 Å². The first-order chi connectivity index (χ1) is 13.0. The third-order valence-corrected chi connectivity index (χ3v) is 6.57. The quantitative estimate of drug-likeness (QED) is 0.542. The van der Waals surface area contributed by atoms with Gasteiger partial charge in [-0.15, -0.1) is 0 Å². The van der Waals surface area contributed by atoms with Gasteiger partial charge in [-0.3, -0.25) is 9.40 Å². The molecular formula is C20H16ClN3O2S. The number of fused-ring (bicyclic) bond motifs is 1. The SMILES string of the molecule is CN(c1ccc2c(-c3ccccc3Cl)n[nH]c2c1)S(=O)(=O)c1ccccc1. The predicted octanol–water partition coefficient (Wildman–Crippen LogP) is 4.71. The molecule has 0 unspecified atom stereocenters. The number of aromatic nitrogens is 2. The lowest BCUT2D eigenvalue weighted by Gasteiger charge is -2.19. The molecular weight excluding hydrogens is 382 g/mol. The van der Waals surface area contributed by atoms with E-state index in [4.69, 9.17) is 11.6 Å². The molecule has 0 aliphatic carbocycles. The molecule has 0 aliphatic heterocycles. The lowest BCUT2D eigenvalue weighted by atomic mass is 10.1. The van der Waals surface area contributed by atoms with Gasteiger partial charge in [-0.05, 0) is 36.4 Å². The molecule has 0 spiro atoms. The van der Waals surface area contributed by atoms with Crippen LogP contribution in [-0.2, 0) is 10.0 Å². The highest BCUT2D eigenvalue weighted by atomic mass is 35.5. The molecule has 0 atom stereocenters. The molecule has 1 heterocycles. The summed E-state index contributed by atoms with van der Waals surface area (Å²) in [4.78, 5) is 0.244. The zero-order valence-electron chi connectivity index (χ0n) is 14.4. The van der Waals surface area contributed by atoms with Crippen molar-refractivity contribution in [2.45, 2.75) is 4.90 Å². The minimum absolute atomic E-state index is 0.244. The number of benzene rings is 3. The number of rotatable bonds is 4. The van der Waals surface area contributed by atoms with Gasteiger partial charge in [0.15, 0.2) is 0 Å². The first-order valence-corrected chi connectivity index (χ1v) is 10.1. The van der Waals surface area contributed by atoms with Gasteiger partial charge in [-0.25, -0.2) is 8.42 Å². The molecule has 0 saturated heterocycles. The highest BCUT2D eigenvalue weighted by Crippen LogP contribution is 2.33. The third-order valence-electron chi connectivity index (χ3n) is 4.44. The largest absolute Gasteiger partial charge is 0.277 e. The van der Waals surface area contributed by atoms with Crippen LogP contribution in [0.15, 0.2) is 77.7 Å². The van der Waals surface area contributed by atoms with Gasteiger partial charge in [0.1, 0.15) is 5.69 Å². The van der Waals surface area contributed by atoms with Crippen molar-refractivity contribution in [3.8, 4) is 11.3 Å². The molecule has 4 rings (SSSR count). The number of hydrogen-bond donors (Lipinski definition) is 1.